The monoisotopic (exact) mass is 343 g/mol. The first-order valence-corrected chi connectivity index (χ1v) is 8.07. The summed E-state index contributed by atoms with van der Waals surface area (Å²) in [5.74, 6) is 2.34. The highest BCUT2D eigenvalue weighted by Gasteiger charge is 2.26. The van der Waals surface area contributed by atoms with Gasteiger partial charge in [-0.2, -0.15) is 5.26 Å². The Hall–Kier alpha value is -2.52. The lowest BCUT2D eigenvalue weighted by Crippen LogP contribution is -2.26. The first-order chi connectivity index (χ1) is 11.6. The molecule has 124 valence electrons. The second-order valence-corrected chi connectivity index (χ2v) is 6.21. The van der Waals surface area contributed by atoms with Crippen LogP contribution in [0.1, 0.15) is 12.1 Å². The molecule has 3 heterocycles. The van der Waals surface area contributed by atoms with Gasteiger partial charge in [-0.25, -0.2) is 9.97 Å². The summed E-state index contributed by atoms with van der Waals surface area (Å²) < 4.78 is 6.14. The zero-order chi connectivity index (χ0) is 17.1. The molecule has 0 aliphatic carbocycles. The van der Waals surface area contributed by atoms with Gasteiger partial charge in [-0.1, -0.05) is 11.6 Å². The van der Waals surface area contributed by atoms with Crippen molar-refractivity contribution >= 4 is 23.2 Å². The van der Waals surface area contributed by atoms with E-state index in [1.54, 1.807) is 12.3 Å². The van der Waals surface area contributed by atoms with Crippen LogP contribution in [0.15, 0.2) is 30.5 Å². The Balaban J connectivity index is 1.71. The Labute approximate surface area is 146 Å². The van der Waals surface area contributed by atoms with Crippen LogP contribution in [-0.4, -0.2) is 43.3 Å². The lowest BCUT2D eigenvalue weighted by atomic mass is 10.3. The lowest BCUT2D eigenvalue weighted by molar-refractivity contribution is 0.225. The Morgan fingerprint density at radius 3 is 2.96 bits per heavy atom. The van der Waals surface area contributed by atoms with E-state index in [0.717, 1.165) is 30.4 Å². The van der Waals surface area contributed by atoms with E-state index in [1.165, 1.54) is 0 Å². The van der Waals surface area contributed by atoms with Gasteiger partial charge in [-0.3, -0.25) is 0 Å². The second-order valence-electron chi connectivity index (χ2n) is 5.81. The van der Waals surface area contributed by atoms with Crippen LogP contribution in [0.2, 0.25) is 5.02 Å². The van der Waals surface area contributed by atoms with Gasteiger partial charge in [-0.15, -0.1) is 0 Å². The number of nitriles is 1. The van der Waals surface area contributed by atoms with E-state index in [9.17, 15) is 0 Å². The molecule has 7 heteroatoms. The predicted molar refractivity (Wildman–Crippen MR) is 93.8 cm³/mol. The topological polar surface area (TPSA) is 65.3 Å². The van der Waals surface area contributed by atoms with Gasteiger partial charge in [-0.05, 0) is 24.3 Å². The number of aromatic nitrogens is 2. The highest BCUT2D eigenvalue weighted by atomic mass is 35.5. The van der Waals surface area contributed by atoms with Crippen LogP contribution < -0.4 is 14.5 Å². The molecule has 0 amide bonds. The molecule has 1 fully saturated rings. The third-order valence-corrected chi connectivity index (χ3v) is 4.18. The fourth-order valence-corrected chi connectivity index (χ4v) is 2.86. The third-order valence-electron chi connectivity index (χ3n) is 3.87. The summed E-state index contributed by atoms with van der Waals surface area (Å²) in [5, 5.41) is 9.44. The quantitative estimate of drug-likeness (QED) is 0.850. The minimum absolute atomic E-state index is 0.0518. The van der Waals surface area contributed by atoms with Crippen molar-refractivity contribution < 1.29 is 4.74 Å². The van der Waals surface area contributed by atoms with E-state index in [0.29, 0.717) is 11.6 Å². The molecule has 0 bridgehead atoms. The van der Waals surface area contributed by atoms with Crippen LogP contribution in [0.5, 0.6) is 5.75 Å². The number of ether oxygens (including phenoxy) is 1. The summed E-state index contributed by atoms with van der Waals surface area (Å²) in [6.45, 7) is 1.53. The summed E-state index contributed by atoms with van der Waals surface area (Å²) in [5.41, 5.74) is 0.251. The maximum absolute atomic E-state index is 9.06. The van der Waals surface area contributed by atoms with E-state index in [-0.39, 0.29) is 11.8 Å². The van der Waals surface area contributed by atoms with E-state index in [4.69, 9.17) is 21.6 Å². The van der Waals surface area contributed by atoms with Crippen molar-refractivity contribution in [2.45, 2.75) is 12.5 Å². The van der Waals surface area contributed by atoms with Crippen molar-refractivity contribution in [3.63, 3.8) is 0 Å². The molecule has 2 aromatic heterocycles. The Bertz CT molecular complexity index is 774. The summed E-state index contributed by atoms with van der Waals surface area (Å²) in [6, 6.07) is 9.36. The van der Waals surface area contributed by atoms with Crippen molar-refractivity contribution in [3.8, 4) is 11.8 Å². The molecule has 0 N–H and O–H groups in total. The predicted octanol–water partition coefficient (Wildman–Crippen LogP) is 2.73. The van der Waals surface area contributed by atoms with Gasteiger partial charge in [0.1, 0.15) is 18.0 Å². The maximum Gasteiger partial charge on any atom is 0.170 e. The minimum atomic E-state index is 0.0518. The molecule has 2 aromatic rings. The van der Waals surface area contributed by atoms with Crippen LogP contribution in [-0.2, 0) is 0 Å². The van der Waals surface area contributed by atoms with Crippen LogP contribution in [0.25, 0.3) is 0 Å². The number of nitrogens with zero attached hydrogens (tertiary/aromatic N) is 5. The van der Waals surface area contributed by atoms with Crippen LogP contribution in [0.3, 0.4) is 0 Å². The zero-order valence-electron chi connectivity index (χ0n) is 13.6. The average Bonchev–Trinajstić information content (AvgIpc) is 3.04. The Morgan fingerprint density at radius 1 is 1.38 bits per heavy atom. The van der Waals surface area contributed by atoms with Gasteiger partial charge in [0, 0.05) is 33.3 Å². The van der Waals surface area contributed by atoms with Gasteiger partial charge in [0.05, 0.1) is 11.6 Å². The molecule has 1 atom stereocenters. The van der Waals surface area contributed by atoms with Gasteiger partial charge in [0.15, 0.2) is 17.3 Å². The Morgan fingerprint density at radius 2 is 2.21 bits per heavy atom. The van der Waals surface area contributed by atoms with Gasteiger partial charge >= 0.3 is 0 Å². The molecule has 24 heavy (non-hydrogen) atoms. The van der Waals surface area contributed by atoms with Gasteiger partial charge in [0.2, 0.25) is 0 Å². The normalized spacial score (nSPS) is 16.8. The van der Waals surface area contributed by atoms with Crippen molar-refractivity contribution in [3.05, 3.63) is 41.2 Å². The summed E-state index contributed by atoms with van der Waals surface area (Å²) in [6.07, 6.45) is 2.69. The van der Waals surface area contributed by atoms with Crippen molar-refractivity contribution in [2.24, 2.45) is 0 Å². The van der Waals surface area contributed by atoms with Crippen LogP contribution >= 0.6 is 11.6 Å². The number of pyridine rings is 2. The molecular formula is C17H18ClN5O. The number of hydrogen-bond donors (Lipinski definition) is 0. The van der Waals surface area contributed by atoms with Crippen molar-refractivity contribution in [1.82, 2.24) is 9.97 Å². The smallest absolute Gasteiger partial charge is 0.170 e. The highest BCUT2D eigenvalue weighted by Crippen LogP contribution is 2.28. The standard InChI is InChI=1S/C17H18ClN5O/c1-22(2)17-15(4-3-8-20-17)24-12-7-9-23(11-12)16-6-5-13(18)14(10-19)21-16/h3-6,8,12H,7,9,11H2,1-2H3/t12-/m1/s1. The number of hydrogen-bond acceptors (Lipinski definition) is 6. The maximum atomic E-state index is 9.06. The van der Waals surface area contributed by atoms with E-state index in [1.807, 2.05) is 43.3 Å². The molecule has 1 aliphatic heterocycles. The zero-order valence-corrected chi connectivity index (χ0v) is 14.4. The molecule has 3 rings (SSSR count). The van der Waals surface area contributed by atoms with E-state index in [2.05, 4.69) is 14.9 Å². The summed E-state index contributed by atoms with van der Waals surface area (Å²) in [4.78, 5) is 12.7. The van der Waals surface area contributed by atoms with Crippen molar-refractivity contribution in [2.75, 3.05) is 37.0 Å². The molecule has 0 unspecified atom stereocenters. The third kappa shape index (κ3) is 3.36. The van der Waals surface area contributed by atoms with E-state index < -0.39 is 0 Å². The molecule has 0 radical (unpaired) electrons. The lowest BCUT2D eigenvalue weighted by Gasteiger charge is -2.21. The summed E-state index contributed by atoms with van der Waals surface area (Å²) in [7, 11) is 3.88. The minimum Gasteiger partial charge on any atom is -0.485 e. The SMILES string of the molecule is CN(C)c1ncccc1O[C@@H]1CCN(c2ccc(Cl)c(C#N)n2)C1. The van der Waals surface area contributed by atoms with Gasteiger partial charge in [0.25, 0.3) is 0 Å². The molecule has 6 nitrogen and oxygen atoms in total. The fourth-order valence-electron chi connectivity index (χ4n) is 2.71. The largest absolute Gasteiger partial charge is 0.485 e. The van der Waals surface area contributed by atoms with Crippen LogP contribution in [0.4, 0.5) is 11.6 Å². The van der Waals surface area contributed by atoms with E-state index >= 15 is 0 Å². The molecule has 0 aromatic carbocycles. The first-order valence-electron chi connectivity index (χ1n) is 7.69. The Kier molecular flexibility index (Phi) is 4.72. The average molecular weight is 344 g/mol. The first kappa shape index (κ1) is 16.3. The fraction of sp³-hybridized carbons (Fsp3) is 0.353. The van der Waals surface area contributed by atoms with Gasteiger partial charge < -0.3 is 14.5 Å². The molecular weight excluding hydrogens is 326 g/mol. The number of halogens is 1. The molecule has 0 spiro atoms. The summed E-state index contributed by atoms with van der Waals surface area (Å²) >= 11 is 5.95. The highest BCUT2D eigenvalue weighted by molar-refractivity contribution is 6.31. The van der Waals surface area contributed by atoms with Crippen molar-refractivity contribution in [1.29, 1.82) is 5.26 Å². The molecule has 1 aliphatic rings. The number of rotatable bonds is 4. The molecule has 1 saturated heterocycles. The second kappa shape index (κ2) is 6.93. The number of anilines is 2. The van der Waals surface area contributed by atoms with Crippen LogP contribution in [0, 0.1) is 11.3 Å². The molecule has 0 saturated carbocycles.